The number of H-pyrrole nitrogens is 1. The molecule has 200 valence electrons. The lowest BCUT2D eigenvalue weighted by atomic mass is 10.1. The molecule has 2 aromatic heterocycles. The van der Waals surface area contributed by atoms with E-state index < -0.39 is 35.2 Å². The summed E-state index contributed by atoms with van der Waals surface area (Å²) >= 11 is 0. The minimum Gasteiger partial charge on any atom is -0.457 e. The number of alkyl halides is 3. The van der Waals surface area contributed by atoms with Gasteiger partial charge in [-0.15, -0.1) is 0 Å². The highest BCUT2D eigenvalue weighted by atomic mass is 32.3. The lowest BCUT2D eigenvalue weighted by Gasteiger charge is -2.27. The number of esters is 1. The Morgan fingerprint density at radius 1 is 1.21 bits per heavy atom. The van der Waals surface area contributed by atoms with Crippen molar-refractivity contribution in [2.75, 3.05) is 29.1 Å². The Labute approximate surface area is 214 Å². The maximum Gasteiger partial charge on any atom is 0.490 e. The molecule has 10 nitrogen and oxygen atoms in total. The van der Waals surface area contributed by atoms with Gasteiger partial charge < -0.3 is 15.0 Å². The van der Waals surface area contributed by atoms with Crippen LogP contribution in [0.4, 0.5) is 40.7 Å². The highest BCUT2D eigenvalue weighted by Crippen LogP contribution is 2.55. The molecule has 15 heteroatoms. The first kappa shape index (κ1) is 25.7. The van der Waals surface area contributed by atoms with Gasteiger partial charge in [0.15, 0.2) is 11.6 Å². The second kappa shape index (κ2) is 9.74. The molecule has 0 bridgehead atoms. The summed E-state index contributed by atoms with van der Waals surface area (Å²) in [5.74, 6) is -3.39. The predicted molar refractivity (Wildman–Crippen MR) is 132 cm³/mol. The van der Waals surface area contributed by atoms with Crippen molar-refractivity contribution in [3.8, 4) is 0 Å². The van der Waals surface area contributed by atoms with E-state index in [0.717, 1.165) is 11.8 Å². The number of nitrogens with zero attached hydrogens (tertiary/aromatic N) is 4. The van der Waals surface area contributed by atoms with E-state index in [-0.39, 0.29) is 24.1 Å². The Morgan fingerprint density at radius 2 is 2.03 bits per heavy atom. The molecule has 0 amide bonds. The molecule has 2 aromatic carbocycles. The van der Waals surface area contributed by atoms with Gasteiger partial charge in [0, 0.05) is 16.8 Å². The Hall–Kier alpha value is -3.95. The molecule has 0 saturated heterocycles. The van der Waals surface area contributed by atoms with Crippen molar-refractivity contribution >= 4 is 50.6 Å². The SMILES string of the molecule is O=C(OCCN(c1nc(Nc2ccc3c(c2)S(O)(O)CC3)ncc1F)c1cccc2[nH]ncc12)C(F)(F)F. The van der Waals surface area contributed by atoms with Gasteiger partial charge in [-0.1, -0.05) is 12.1 Å². The van der Waals surface area contributed by atoms with Crippen LogP contribution in [0.3, 0.4) is 0 Å². The largest absolute Gasteiger partial charge is 0.490 e. The van der Waals surface area contributed by atoms with Crippen LogP contribution in [0, 0.1) is 5.82 Å². The van der Waals surface area contributed by atoms with Crippen LogP contribution in [0.1, 0.15) is 5.56 Å². The highest BCUT2D eigenvalue weighted by Gasteiger charge is 2.41. The first-order valence-electron chi connectivity index (χ1n) is 11.1. The first-order valence-corrected chi connectivity index (χ1v) is 12.9. The van der Waals surface area contributed by atoms with Gasteiger partial charge in [0.05, 0.1) is 35.0 Å². The van der Waals surface area contributed by atoms with Gasteiger partial charge in [-0.25, -0.2) is 14.2 Å². The smallest absolute Gasteiger partial charge is 0.457 e. The summed E-state index contributed by atoms with van der Waals surface area (Å²) in [7, 11) is -2.91. The number of aryl methyl sites for hydroxylation is 1. The Bertz CT molecular complexity index is 1510. The number of hydrogen-bond donors (Lipinski definition) is 4. The number of halogens is 4. The van der Waals surface area contributed by atoms with E-state index in [1.54, 1.807) is 36.4 Å². The van der Waals surface area contributed by atoms with E-state index in [9.17, 15) is 27.1 Å². The number of aromatic amines is 1. The second-order valence-electron chi connectivity index (χ2n) is 8.33. The van der Waals surface area contributed by atoms with Crippen molar-refractivity contribution in [1.82, 2.24) is 20.2 Å². The van der Waals surface area contributed by atoms with E-state index in [2.05, 4.69) is 30.2 Å². The molecule has 0 atom stereocenters. The molecule has 1 aliphatic rings. The van der Waals surface area contributed by atoms with Crippen LogP contribution >= 0.6 is 10.6 Å². The summed E-state index contributed by atoms with van der Waals surface area (Å²) in [6.07, 6.45) is -2.30. The number of nitrogens with one attached hydrogen (secondary N) is 2. The quantitative estimate of drug-likeness (QED) is 0.181. The summed E-state index contributed by atoms with van der Waals surface area (Å²) in [6, 6.07) is 9.91. The second-order valence-corrected chi connectivity index (χ2v) is 10.5. The zero-order valence-corrected chi connectivity index (χ0v) is 20.2. The number of benzene rings is 2. The fourth-order valence-electron chi connectivity index (χ4n) is 4.08. The number of hydrogen-bond acceptors (Lipinski definition) is 9. The van der Waals surface area contributed by atoms with Gasteiger partial charge in [-0.2, -0.15) is 33.8 Å². The number of anilines is 4. The van der Waals surface area contributed by atoms with Crippen LogP contribution in [0.15, 0.2) is 53.7 Å². The van der Waals surface area contributed by atoms with Crippen molar-refractivity contribution in [1.29, 1.82) is 0 Å². The molecular formula is C23H20F4N6O4S. The van der Waals surface area contributed by atoms with Crippen LogP contribution < -0.4 is 10.2 Å². The summed E-state index contributed by atoms with van der Waals surface area (Å²) < 4.78 is 77.8. The molecule has 1 aliphatic heterocycles. The van der Waals surface area contributed by atoms with Crippen LogP contribution in [0.25, 0.3) is 10.9 Å². The lowest BCUT2D eigenvalue weighted by molar-refractivity contribution is -0.199. The van der Waals surface area contributed by atoms with E-state index in [1.807, 2.05) is 0 Å². The third kappa shape index (κ3) is 5.07. The number of carbonyl (C=O) groups excluding carboxylic acids is 1. The number of rotatable bonds is 7. The van der Waals surface area contributed by atoms with Crippen molar-refractivity contribution in [2.45, 2.75) is 17.5 Å². The zero-order chi connectivity index (χ0) is 27.1. The lowest BCUT2D eigenvalue weighted by Crippen LogP contribution is -2.30. The van der Waals surface area contributed by atoms with Crippen molar-refractivity contribution in [3.05, 3.63) is 60.2 Å². The van der Waals surface area contributed by atoms with Crippen LogP contribution in [-0.4, -0.2) is 60.3 Å². The Balaban J connectivity index is 1.48. The molecule has 5 rings (SSSR count). The highest BCUT2D eigenvalue weighted by molar-refractivity contribution is 8.24. The molecule has 4 aromatic rings. The van der Waals surface area contributed by atoms with E-state index >= 15 is 4.39 Å². The third-order valence-corrected chi connectivity index (χ3v) is 7.70. The van der Waals surface area contributed by atoms with Crippen molar-refractivity contribution < 1.29 is 36.2 Å². The maximum atomic E-state index is 15.1. The molecule has 0 unspecified atom stereocenters. The Kier molecular flexibility index (Phi) is 6.58. The van der Waals surface area contributed by atoms with E-state index in [1.165, 1.54) is 11.1 Å². The summed E-state index contributed by atoms with van der Waals surface area (Å²) in [5, 5.41) is 10.1. The van der Waals surface area contributed by atoms with Gasteiger partial charge in [0.25, 0.3) is 0 Å². The summed E-state index contributed by atoms with van der Waals surface area (Å²) in [4.78, 5) is 21.0. The first-order chi connectivity index (χ1) is 18.0. The van der Waals surface area contributed by atoms with Crippen LogP contribution in [-0.2, 0) is 16.0 Å². The molecule has 0 fully saturated rings. The minimum absolute atomic E-state index is 0.0625. The topological polar surface area (TPSA) is 136 Å². The fourth-order valence-corrected chi connectivity index (χ4v) is 5.71. The average molecular weight is 553 g/mol. The van der Waals surface area contributed by atoms with Crippen molar-refractivity contribution in [3.63, 3.8) is 0 Å². The van der Waals surface area contributed by atoms with Gasteiger partial charge >= 0.3 is 12.1 Å². The van der Waals surface area contributed by atoms with Gasteiger partial charge in [0.1, 0.15) is 6.61 Å². The normalized spacial score (nSPS) is 15.2. The van der Waals surface area contributed by atoms with E-state index in [4.69, 9.17) is 0 Å². The van der Waals surface area contributed by atoms with Gasteiger partial charge in [-0.05, 0) is 36.2 Å². The predicted octanol–water partition coefficient (Wildman–Crippen LogP) is 5.14. The molecule has 4 N–H and O–H groups in total. The monoisotopic (exact) mass is 552 g/mol. The maximum absolute atomic E-state index is 15.1. The minimum atomic E-state index is -5.18. The average Bonchev–Trinajstić information content (AvgIpc) is 3.47. The van der Waals surface area contributed by atoms with Gasteiger partial charge in [-0.3, -0.25) is 14.2 Å². The fraction of sp³-hybridized carbons (Fsp3) is 0.217. The zero-order valence-electron chi connectivity index (χ0n) is 19.4. The summed E-state index contributed by atoms with van der Waals surface area (Å²) in [5.41, 5.74) is 2.15. The molecule has 38 heavy (non-hydrogen) atoms. The molecular weight excluding hydrogens is 532 g/mol. The third-order valence-electron chi connectivity index (χ3n) is 5.84. The number of aromatic nitrogens is 4. The van der Waals surface area contributed by atoms with Crippen molar-refractivity contribution in [2.24, 2.45) is 0 Å². The van der Waals surface area contributed by atoms with E-state index in [0.29, 0.717) is 33.6 Å². The summed E-state index contributed by atoms with van der Waals surface area (Å²) in [6.45, 7) is -1.10. The van der Waals surface area contributed by atoms with Crippen LogP contribution in [0.2, 0.25) is 0 Å². The number of fused-ring (bicyclic) bond motifs is 2. The molecule has 3 heterocycles. The number of ether oxygens (including phenoxy) is 1. The standard InChI is InChI=1S/C23H20F4N6O4S/c24-16-12-28-22(30-14-5-4-13-6-9-38(35,36)19(13)10-14)31-20(16)33(7-8-37-21(34)23(25,26)27)18-3-1-2-17-15(18)11-29-32-17/h1-5,10-12,35-36H,6-9H2,(H,29,32)(H,28,30,31). The number of carbonyl (C=O) groups is 1. The Morgan fingerprint density at radius 3 is 2.82 bits per heavy atom. The van der Waals surface area contributed by atoms with Gasteiger partial charge in [0.2, 0.25) is 5.95 Å². The molecule has 0 saturated carbocycles. The van der Waals surface area contributed by atoms with Crippen LogP contribution in [0.5, 0.6) is 0 Å². The molecule has 0 radical (unpaired) electrons. The molecule has 0 aliphatic carbocycles. The molecule has 0 spiro atoms.